The molecule has 1 fully saturated rings. The maximum Gasteiger partial charge on any atom is 0.223 e. The molecule has 5 nitrogen and oxygen atoms in total. The van der Waals surface area contributed by atoms with Crippen molar-refractivity contribution in [2.45, 2.75) is 24.5 Å². The summed E-state index contributed by atoms with van der Waals surface area (Å²) >= 11 is 1.76. The lowest BCUT2D eigenvalue weighted by molar-refractivity contribution is -0.0380. The summed E-state index contributed by atoms with van der Waals surface area (Å²) in [5.41, 5.74) is 1.32. The summed E-state index contributed by atoms with van der Waals surface area (Å²) in [4.78, 5) is 7.93. The van der Waals surface area contributed by atoms with Crippen molar-refractivity contribution < 1.29 is 9.26 Å². The molecule has 1 aromatic carbocycles. The Morgan fingerprint density at radius 2 is 2.14 bits per heavy atom. The van der Waals surface area contributed by atoms with Crippen LogP contribution in [0.2, 0.25) is 0 Å². The maximum atomic E-state index is 5.75. The average Bonchev–Trinajstić information content (AvgIpc) is 2.95. The van der Waals surface area contributed by atoms with Crippen LogP contribution in [0, 0.1) is 6.92 Å². The first kappa shape index (κ1) is 14.6. The van der Waals surface area contributed by atoms with Gasteiger partial charge in [-0.3, -0.25) is 4.90 Å². The third-order valence-electron chi connectivity index (χ3n) is 3.55. The zero-order valence-electron chi connectivity index (χ0n) is 12.3. The number of hydrogen-bond acceptors (Lipinski definition) is 6. The molecule has 1 atom stereocenters. The third-order valence-corrected chi connectivity index (χ3v) is 4.29. The summed E-state index contributed by atoms with van der Waals surface area (Å²) in [5.74, 6) is 1.23. The molecule has 21 heavy (non-hydrogen) atoms. The number of benzene rings is 1. The molecule has 2 heterocycles. The Morgan fingerprint density at radius 3 is 2.81 bits per heavy atom. The highest BCUT2D eigenvalue weighted by atomic mass is 32.2. The highest BCUT2D eigenvalue weighted by Gasteiger charge is 2.25. The monoisotopic (exact) mass is 305 g/mol. The highest BCUT2D eigenvalue weighted by Crippen LogP contribution is 2.22. The predicted octanol–water partition coefficient (Wildman–Crippen LogP) is 2.67. The van der Waals surface area contributed by atoms with Crippen molar-refractivity contribution in [2.75, 3.05) is 26.0 Å². The van der Waals surface area contributed by atoms with Crippen LogP contribution in [0.4, 0.5) is 0 Å². The quantitative estimate of drug-likeness (QED) is 0.810. The molecule has 6 heteroatoms. The molecule has 0 bridgehead atoms. The van der Waals surface area contributed by atoms with Gasteiger partial charge in [0, 0.05) is 31.5 Å². The van der Waals surface area contributed by atoms with Crippen LogP contribution in [0.5, 0.6) is 0 Å². The molecule has 0 N–H and O–H groups in total. The van der Waals surface area contributed by atoms with Gasteiger partial charge in [-0.2, -0.15) is 4.98 Å². The predicted molar refractivity (Wildman–Crippen MR) is 81.2 cm³/mol. The van der Waals surface area contributed by atoms with Gasteiger partial charge in [0.1, 0.15) is 6.10 Å². The van der Waals surface area contributed by atoms with Crippen LogP contribution in [0.1, 0.15) is 23.4 Å². The zero-order chi connectivity index (χ0) is 14.7. The standard InChI is InChI=1S/C15H19N3O2S/c1-11-16-15(17-20-11)14-10-18(7-8-19-14)9-12-3-5-13(21-2)6-4-12/h3-6,14H,7-10H2,1-2H3/t14-/m1/s1. The fourth-order valence-electron chi connectivity index (χ4n) is 2.44. The van der Waals surface area contributed by atoms with Crippen LogP contribution in [0.15, 0.2) is 33.7 Å². The van der Waals surface area contributed by atoms with E-state index in [1.807, 2.05) is 0 Å². The third kappa shape index (κ3) is 3.64. The molecule has 1 saturated heterocycles. The summed E-state index contributed by atoms with van der Waals surface area (Å²) in [7, 11) is 0. The van der Waals surface area contributed by atoms with Crippen LogP contribution in [-0.2, 0) is 11.3 Å². The van der Waals surface area contributed by atoms with E-state index in [2.05, 4.69) is 45.6 Å². The van der Waals surface area contributed by atoms with Gasteiger partial charge in [-0.1, -0.05) is 17.3 Å². The Hall–Kier alpha value is -1.37. The van der Waals surface area contributed by atoms with Gasteiger partial charge in [0.2, 0.25) is 11.7 Å². The van der Waals surface area contributed by atoms with Crippen LogP contribution >= 0.6 is 11.8 Å². The van der Waals surface area contributed by atoms with Crippen molar-refractivity contribution in [1.29, 1.82) is 0 Å². The van der Waals surface area contributed by atoms with Crippen LogP contribution in [0.3, 0.4) is 0 Å². The molecular weight excluding hydrogens is 286 g/mol. The van der Waals surface area contributed by atoms with Crippen molar-refractivity contribution in [3.8, 4) is 0 Å². The van der Waals surface area contributed by atoms with Crippen molar-refractivity contribution in [3.05, 3.63) is 41.5 Å². The topological polar surface area (TPSA) is 51.4 Å². The van der Waals surface area contributed by atoms with Crippen LogP contribution in [-0.4, -0.2) is 41.0 Å². The van der Waals surface area contributed by atoms with E-state index in [9.17, 15) is 0 Å². The van der Waals surface area contributed by atoms with Gasteiger partial charge in [-0.15, -0.1) is 11.8 Å². The summed E-state index contributed by atoms with van der Waals surface area (Å²) in [6.07, 6.45) is 2.00. The molecule has 2 aromatic rings. The van der Waals surface area contributed by atoms with E-state index in [4.69, 9.17) is 9.26 Å². The number of ether oxygens (including phenoxy) is 1. The molecule has 0 aliphatic carbocycles. The number of hydrogen-bond donors (Lipinski definition) is 0. The molecule has 1 aliphatic heterocycles. The Labute approximate surface area is 128 Å². The molecule has 3 rings (SSSR count). The van der Waals surface area contributed by atoms with E-state index in [1.54, 1.807) is 18.7 Å². The first-order chi connectivity index (χ1) is 10.2. The lowest BCUT2D eigenvalue weighted by Gasteiger charge is -2.31. The number of nitrogens with zero attached hydrogens (tertiary/aromatic N) is 3. The van der Waals surface area contributed by atoms with E-state index in [-0.39, 0.29) is 6.10 Å². The van der Waals surface area contributed by atoms with Crippen molar-refractivity contribution in [2.24, 2.45) is 0 Å². The lowest BCUT2D eigenvalue weighted by Crippen LogP contribution is -2.38. The Bertz CT molecular complexity index is 585. The van der Waals surface area contributed by atoms with E-state index < -0.39 is 0 Å². The fourth-order valence-corrected chi connectivity index (χ4v) is 2.85. The van der Waals surface area contributed by atoms with Crippen LogP contribution < -0.4 is 0 Å². The molecule has 0 saturated carbocycles. The summed E-state index contributed by atoms with van der Waals surface area (Å²) in [6.45, 7) is 5.14. The largest absolute Gasteiger partial charge is 0.367 e. The van der Waals surface area contributed by atoms with Crippen molar-refractivity contribution in [1.82, 2.24) is 15.0 Å². The molecule has 0 amide bonds. The first-order valence-corrected chi connectivity index (χ1v) is 8.24. The Balaban J connectivity index is 1.62. The van der Waals surface area contributed by atoms with E-state index >= 15 is 0 Å². The van der Waals surface area contributed by atoms with Crippen molar-refractivity contribution in [3.63, 3.8) is 0 Å². The van der Waals surface area contributed by atoms with Gasteiger partial charge >= 0.3 is 0 Å². The summed E-state index contributed by atoms with van der Waals surface area (Å²) in [6, 6.07) is 8.71. The SMILES string of the molecule is CSc1ccc(CN2CCO[C@@H](c3noc(C)n3)C2)cc1. The minimum atomic E-state index is -0.0957. The smallest absolute Gasteiger partial charge is 0.223 e. The zero-order valence-corrected chi connectivity index (χ0v) is 13.1. The molecular formula is C15H19N3O2S. The first-order valence-electron chi connectivity index (χ1n) is 7.01. The van der Waals surface area contributed by atoms with Crippen LogP contribution in [0.25, 0.3) is 0 Å². The second-order valence-electron chi connectivity index (χ2n) is 5.11. The normalized spacial score (nSPS) is 19.8. The summed E-state index contributed by atoms with van der Waals surface area (Å²) < 4.78 is 10.8. The maximum absolute atomic E-state index is 5.75. The number of rotatable bonds is 4. The molecule has 1 aliphatic rings. The van der Waals surface area contributed by atoms with Gasteiger partial charge in [0.25, 0.3) is 0 Å². The second-order valence-corrected chi connectivity index (χ2v) is 5.99. The van der Waals surface area contributed by atoms with E-state index in [1.165, 1.54) is 10.5 Å². The van der Waals surface area contributed by atoms with Gasteiger partial charge in [-0.25, -0.2) is 0 Å². The van der Waals surface area contributed by atoms with E-state index in [0.717, 1.165) is 19.6 Å². The minimum absolute atomic E-state index is 0.0957. The van der Waals surface area contributed by atoms with Gasteiger partial charge in [0.05, 0.1) is 6.61 Å². The molecule has 1 aromatic heterocycles. The van der Waals surface area contributed by atoms with Crippen molar-refractivity contribution >= 4 is 11.8 Å². The molecule has 112 valence electrons. The number of morpholine rings is 1. The second kappa shape index (κ2) is 6.60. The van der Waals surface area contributed by atoms with Gasteiger partial charge in [-0.05, 0) is 24.0 Å². The fraction of sp³-hybridized carbons (Fsp3) is 0.467. The lowest BCUT2D eigenvalue weighted by atomic mass is 10.2. The minimum Gasteiger partial charge on any atom is -0.367 e. The molecule has 0 spiro atoms. The number of aryl methyl sites for hydroxylation is 1. The Morgan fingerprint density at radius 1 is 1.33 bits per heavy atom. The number of aromatic nitrogens is 2. The van der Waals surface area contributed by atoms with Gasteiger partial charge < -0.3 is 9.26 Å². The number of thioether (sulfide) groups is 1. The Kier molecular flexibility index (Phi) is 4.57. The van der Waals surface area contributed by atoms with Gasteiger partial charge in [0.15, 0.2) is 0 Å². The average molecular weight is 305 g/mol. The highest BCUT2D eigenvalue weighted by molar-refractivity contribution is 7.98. The molecule has 0 unspecified atom stereocenters. The van der Waals surface area contributed by atoms with E-state index in [0.29, 0.717) is 18.3 Å². The molecule has 0 radical (unpaired) electrons. The summed E-state index contributed by atoms with van der Waals surface area (Å²) in [5, 5.41) is 3.96.